The molecule has 2 N–H and O–H groups in total. The molecule has 22 heavy (non-hydrogen) atoms. The maximum Gasteiger partial charge on any atom is 0.240 e. The van der Waals surface area contributed by atoms with Gasteiger partial charge in [-0.1, -0.05) is 42.1 Å². The summed E-state index contributed by atoms with van der Waals surface area (Å²) < 4.78 is 1.43. The molecule has 0 bridgehead atoms. The average Bonchev–Trinajstić information content (AvgIpc) is 3.18. The summed E-state index contributed by atoms with van der Waals surface area (Å²) in [5, 5.41) is 8.24. The van der Waals surface area contributed by atoms with E-state index >= 15 is 0 Å². The molecule has 1 atom stereocenters. The molecule has 1 amide bonds. The first-order chi connectivity index (χ1) is 10.7. The number of nitrogen functional groups attached to an aromatic ring is 1. The first-order valence-corrected chi connectivity index (χ1v) is 8.22. The zero-order chi connectivity index (χ0) is 15.5. The monoisotopic (exact) mass is 317 g/mol. The van der Waals surface area contributed by atoms with Crippen LogP contribution in [0.4, 0.5) is 0 Å². The molecule has 116 valence electrons. The van der Waals surface area contributed by atoms with E-state index in [1.165, 1.54) is 16.4 Å². The van der Waals surface area contributed by atoms with Crippen LogP contribution >= 0.6 is 11.8 Å². The standard InChI is InChI=1S/C15H19N5OS/c1-11-17-18-15(20(11)16)22-13(12-7-3-2-4-8-12)14(21)19-9-5-6-10-19/h2-4,7-8,13H,5-6,9-10,16H2,1H3/t13-/m0/s1. The Morgan fingerprint density at radius 1 is 1.23 bits per heavy atom. The van der Waals surface area contributed by atoms with Gasteiger partial charge < -0.3 is 10.7 Å². The highest BCUT2D eigenvalue weighted by Crippen LogP contribution is 2.36. The molecular weight excluding hydrogens is 298 g/mol. The van der Waals surface area contributed by atoms with Crippen LogP contribution in [0.3, 0.4) is 0 Å². The van der Waals surface area contributed by atoms with Gasteiger partial charge in [0.1, 0.15) is 11.1 Å². The number of carbonyl (C=O) groups is 1. The number of nitrogens with two attached hydrogens (primary N) is 1. The van der Waals surface area contributed by atoms with E-state index in [9.17, 15) is 4.79 Å². The molecular formula is C15H19N5OS. The van der Waals surface area contributed by atoms with Gasteiger partial charge in [-0.05, 0) is 25.3 Å². The number of carbonyl (C=O) groups excluding carboxylic acids is 1. The number of hydrogen-bond acceptors (Lipinski definition) is 5. The Kier molecular flexibility index (Phi) is 4.33. The number of hydrogen-bond donors (Lipinski definition) is 1. The molecule has 6 nitrogen and oxygen atoms in total. The number of rotatable bonds is 4. The third kappa shape index (κ3) is 2.94. The van der Waals surface area contributed by atoms with Crippen molar-refractivity contribution < 1.29 is 4.79 Å². The van der Waals surface area contributed by atoms with Crippen molar-refractivity contribution in [3.8, 4) is 0 Å². The quantitative estimate of drug-likeness (QED) is 0.687. The number of amides is 1. The lowest BCUT2D eigenvalue weighted by Gasteiger charge is -2.22. The molecule has 2 heterocycles. The van der Waals surface area contributed by atoms with Gasteiger partial charge in [-0.2, -0.15) is 0 Å². The van der Waals surface area contributed by atoms with Crippen molar-refractivity contribution in [2.75, 3.05) is 18.9 Å². The van der Waals surface area contributed by atoms with Crippen molar-refractivity contribution in [2.45, 2.75) is 30.2 Å². The molecule has 1 aliphatic heterocycles. The number of thioether (sulfide) groups is 1. The molecule has 1 saturated heterocycles. The maximum absolute atomic E-state index is 12.9. The van der Waals surface area contributed by atoms with Gasteiger partial charge in [0, 0.05) is 13.1 Å². The van der Waals surface area contributed by atoms with E-state index in [1.807, 2.05) is 35.2 Å². The van der Waals surface area contributed by atoms with Crippen molar-refractivity contribution in [3.05, 3.63) is 41.7 Å². The Labute approximate surface area is 133 Å². The van der Waals surface area contributed by atoms with Crippen LogP contribution in [0.2, 0.25) is 0 Å². The molecule has 1 aromatic carbocycles. The lowest BCUT2D eigenvalue weighted by Crippen LogP contribution is -2.31. The first kappa shape index (κ1) is 14.9. The van der Waals surface area contributed by atoms with E-state index in [-0.39, 0.29) is 11.2 Å². The fourth-order valence-electron chi connectivity index (χ4n) is 2.53. The third-order valence-electron chi connectivity index (χ3n) is 3.80. The summed E-state index contributed by atoms with van der Waals surface area (Å²) in [6.07, 6.45) is 2.15. The molecule has 1 aromatic heterocycles. The summed E-state index contributed by atoms with van der Waals surface area (Å²) in [6.45, 7) is 3.45. The highest BCUT2D eigenvalue weighted by molar-refractivity contribution is 8.00. The van der Waals surface area contributed by atoms with Crippen LogP contribution in [-0.2, 0) is 4.79 Å². The van der Waals surface area contributed by atoms with Gasteiger partial charge in [-0.3, -0.25) is 4.79 Å². The summed E-state index contributed by atoms with van der Waals surface area (Å²) in [5.41, 5.74) is 0.963. The second-order valence-electron chi connectivity index (χ2n) is 5.34. The summed E-state index contributed by atoms with van der Waals surface area (Å²) in [5.74, 6) is 6.68. The van der Waals surface area contributed by atoms with E-state index in [2.05, 4.69) is 10.2 Å². The fourth-order valence-corrected chi connectivity index (χ4v) is 3.62. The second-order valence-corrected chi connectivity index (χ2v) is 6.41. The highest BCUT2D eigenvalue weighted by atomic mass is 32.2. The van der Waals surface area contributed by atoms with Crippen molar-refractivity contribution in [1.82, 2.24) is 19.8 Å². The molecule has 0 unspecified atom stereocenters. The molecule has 3 rings (SSSR count). The van der Waals surface area contributed by atoms with Crippen LogP contribution in [0, 0.1) is 6.92 Å². The molecule has 1 fully saturated rings. The Bertz CT molecular complexity index is 651. The minimum atomic E-state index is -0.342. The number of benzene rings is 1. The third-order valence-corrected chi connectivity index (χ3v) is 5.00. The summed E-state index contributed by atoms with van der Waals surface area (Å²) >= 11 is 1.36. The Balaban J connectivity index is 1.89. The number of aryl methyl sites for hydroxylation is 1. The van der Waals surface area contributed by atoms with Crippen LogP contribution in [0.5, 0.6) is 0 Å². The second kappa shape index (κ2) is 6.39. The molecule has 0 aliphatic carbocycles. The van der Waals surface area contributed by atoms with E-state index < -0.39 is 0 Å². The lowest BCUT2D eigenvalue weighted by atomic mass is 10.1. The molecule has 0 radical (unpaired) electrons. The van der Waals surface area contributed by atoms with E-state index in [0.717, 1.165) is 31.5 Å². The van der Waals surface area contributed by atoms with E-state index in [0.29, 0.717) is 11.0 Å². The predicted octanol–water partition coefficient (Wildman–Crippen LogP) is 1.76. The van der Waals surface area contributed by atoms with Gasteiger partial charge >= 0.3 is 0 Å². The van der Waals surface area contributed by atoms with E-state index in [4.69, 9.17) is 5.84 Å². The minimum Gasteiger partial charge on any atom is -0.341 e. The van der Waals surface area contributed by atoms with Crippen LogP contribution in [0.1, 0.15) is 29.5 Å². The zero-order valence-corrected chi connectivity index (χ0v) is 13.3. The topological polar surface area (TPSA) is 77.0 Å². The molecule has 0 spiro atoms. The lowest BCUT2D eigenvalue weighted by molar-refractivity contribution is -0.129. The number of likely N-dealkylation sites (tertiary alicyclic amines) is 1. The predicted molar refractivity (Wildman–Crippen MR) is 85.8 cm³/mol. The smallest absolute Gasteiger partial charge is 0.240 e. The molecule has 0 saturated carbocycles. The first-order valence-electron chi connectivity index (χ1n) is 7.34. The fraction of sp³-hybridized carbons (Fsp3) is 0.400. The van der Waals surface area contributed by atoms with E-state index in [1.54, 1.807) is 6.92 Å². The normalized spacial score (nSPS) is 16.0. The average molecular weight is 317 g/mol. The van der Waals surface area contributed by atoms with Crippen molar-refractivity contribution >= 4 is 17.7 Å². The zero-order valence-electron chi connectivity index (χ0n) is 12.5. The minimum absolute atomic E-state index is 0.120. The van der Waals surface area contributed by atoms with Crippen LogP contribution < -0.4 is 5.84 Å². The number of aromatic nitrogens is 3. The van der Waals surface area contributed by atoms with Gasteiger partial charge in [0.05, 0.1) is 0 Å². The van der Waals surface area contributed by atoms with Gasteiger partial charge in [-0.15, -0.1) is 10.2 Å². The van der Waals surface area contributed by atoms with Crippen LogP contribution in [0.15, 0.2) is 35.5 Å². The van der Waals surface area contributed by atoms with Crippen molar-refractivity contribution in [1.29, 1.82) is 0 Å². The van der Waals surface area contributed by atoms with Crippen molar-refractivity contribution in [3.63, 3.8) is 0 Å². The largest absolute Gasteiger partial charge is 0.341 e. The Hall–Kier alpha value is -2.02. The molecule has 7 heteroatoms. The van der Waals surface area contributed by atoms with Crippen LogP contribution in [-0.4, -0.2) is 38.8 Å². The van der Waals surface area contributed by atoms with Gasteiger partial charge in [0.15, 0.2) is 0 Å². The highest BCUT2D eigenvalue weighted by Gasteiger charge is 2.30. The van der Waals surface area contributed by atoms with Crippen molar-refractivity contribution in [2.24, 2.45) is 0 Å². The summed E-state index contributed by atoms with van der Waals surface area (Å²) in [4.78, 5) is 14.8. The summed E-state index contributed by atoms with van der Waals surface area (Å²) in [6, 6.07) is 9.77. The SMILES string of the molecule is Cc1nnc(S[C@H](C(=O)N2CCCC2)c2ccccc2)n1N. The molecule has 2 aromatic rings. The Morgan fingerprint density at radius 3 is 2.50 bits per heavy atom. The Morgan fingerprint density at radius 2 is 1.91 bits per heavy atom. The van der Waals surface area contributed by atoms with Gasteiger partial charge in [0.2, 0.25) is 11.1 Å². The number of nitrogens with zero attached hydrogens (tertiary/aromatic N) is 4. The van der Waals surface area contributed by atoms with Crippen LogP contribution in [0.25, 0.3) is 0 Å². The molecule has 1 aliphatic rings. The summed E-state index contributed by atoms with van der Waals surface area (Å²) in [7, 11) is 0. The van der Waals surface area contributed by atoms with Gasteiger partial charge in [0.25, 0.3) is 0 Å². The maximum atomic E-state index is 12.9. The van der Waals surface area contributed by atoms with Gasteiger partial charge in [-0.25, -0.2) is 4.68 Å².